The maximum atomic E-state index is 12.2. The lowest BCUT2D eigenvalue weighted by molar-refractivity contribution is 0.102. The van der Waals surface area contributed by atoms with E-state index in [1.54, 1.807) is 37.6 Å². The molecule has 6 nitrogen and oxygen atoms in total. The Kier molecular flexibility index (Phi) is 6.22. The highest BCUT2D eigenvalue weighted by Crippen LogP contribution is 2.15. The van der Waals surface area contributed by atoms with E-state index in [1.165, 1.54) is 6.20 Å². The normalized spacial score (nSPS) is 10.3. The molecule has 1 amide bonds. The highest BCUT2D eigenvalue weighted by Gasteiger charge is 2.08. The second-order valence-electron chi connectivity index (χ2n) is 5.78. The summed E-state index contributed by atoms with van der Waals surface area (Å²) in [7, 11) is 1.65. The number of benzene rings is 2. The summed E-state index contributed by atoms with van der Waals surface area (Å²) in [5.41, 5.74) is 2.05. The Morgan fingerprint density at radius 2 is 1.93 bits per heavy atom. The number of nitrogens with one attached hydrogen (secondary N) is 2. The van der Waals surface area contributed by atoms with Crippen molar-refractivity contribution in [2.75, 3.05) is 24.3 Å². The fourth-order valence-corrected chi connectivity index (χ4v) is 2.55. The summed E-state index contributed by atoms with van der Waals surface area (Å²) < 4.78 is 5.22. The number of anilines is 2. The van der Waals surface area contributed by atoms with E-state index in [2.05, 4.69) is 20.6 Å². The Morgan fingerprint density at radius 1 is 1.11 bits per heavy atom. The Labute approximate surface area is 162 Å². The maximum absolute atomic E-state index is 12.2. The van der Waals surface area contributed by atoms with Crippen LogP contribution < -0.4 is 15.4 Å². The second-order valence-corrected chi connectivity index (χ2v) is 6.21. The summed E-state index contributed by atoms with van der Waals surface area (Å²) in [5, 5.41) is 6.55. The van der Waals surface area contributed by atoms with Crippen molar-refractivity contribution < 1.29 is 9.53 Å². The minimum Gasteiger partial charge on any atom is -0.497 e. The van der Waals surface area contributed by atoms with Crippen molar-refractivity contribution in [1.29, 1.82) is 0 Å². The average Bonchev–Trinajstić information content (AvgIpc) is 2.70. The van der Waals surface area contributed by atoms with Gasteiger partial charge in [0.25, 0.3) is 5.91 Å². The van der Waals surface area contributed by atoms with Crippen molar-refractivity contribution in [2.24, 2.45) is 0 Å². The minimum absolute atomic E-state index is 0.239. The van der Waals surface area contributed by atoms with Crippen molar-refractivity contribution >= 4 is 29.0 Å². The maximum Gasteiger partial charge on any atom is 0.275 e. The van der Waals surface area contributed by atoms with Gasteiger partial charge in [0.05, 0.1) is 19.5 Å². The van der Waals surface area contributed by atoms with Crippen LogP contribution in [-0.4, -0.2) is 29.5 Å². The fourth-order valence-electron chi connectivity index (χ4n) is 2.43. The number of rotatable bonds is 7. The molecule has 0 aliphatic carbocycles. The van der Waals surface area contributed by atoms with Crippen LogP contribution in [0.1, 0.15) is 16.1 Å². The van der Waals surface area contributed by atoms with Gasteiger partial charge < -0.3 is 15.4 Å². The number of aromatic nitrogens is 2. The molecule has 0 saturated carbocycles. The first-order valence-electron chi connectivity index (χ1n) is 8.40. The van der Waals surface area contributed by atoms with Crippen LogP contribution in [0.3, 0.4) is 0 Å². The molecule has 0 spiro atoms. The van der Waals surface area contributed by atoms with Gasteiger partial charge in [0, 0.05) is 17.3 Å². The van der Waals surface area contributed by atoms with Crippen LogP contribution in [0.4, 0.5) is 11.5 Å². The van der Waals surface area contributed by atoms with E-state index in [9.17, 15) is 4.79 Å². The summed E-state index contributed by atoms with van der Waals surface area (Å²) in [4.78, 5) is 20.6. The van der Waals surface area contributed by atoms with Crippen molar-refractivity contribution in [3.05, 3.63) is 77.2 Å². The number of carbonyl (C=O) groups excluding carboxylic acids is 1. The van der Waals surface area contributed by atoms with Gasteiger partial charge in [-0.3, -0.25) is 4.79 Å². The molecule has 0 unspecified atom stereocenters. The monoisotopic (exact) mass is 382 g/mol. The molecular weight excluding hydrogens is 364 g/mol. The molecule has 0 saturated heterocycles. The zero-order valence-electron chi connectivity index (χ0n) is 14.8. The van der Waals surface area contributed by atoms with Gasteiger partial charge in [0.15, 0.2) is 0 Å². The number of nitrogens with zero attached hydrogens (tertiary/aromatic N) is 2. The zero-order chi connectivity index (χ0) is 19.1. The Bertz CT molecular complexity index is 899. The molecule has 27 heavy (non-hydrogen) atoms. The summed E-state index contributed by atoms with van der Waals surface area (Å²) in [6.45, 7) is 0.693. The molecule has 0 aliphatic rings. The van der Waals surface area contributed by atoms with E-state index in [4.69, 9.17) is 16.3 Å². The predicted octanol–water partition coefficient (Wildman–Crippen LogP) is 4.05. The molecule has 0 atom stereocenters. The molecule has 0 bridgehead atoms. The Balaban J connectivity index is 1.52. The van der Waals surface area contributed by atoms with Gasteiger partial charge >= 0.3 is 0 Å². The van der Waals surface area contributed by atoms with Crippen molar-refractivity contribution in [3.8, 4) is 5.75 Å². The van der Waals surface area contributed by atoms with Crippen LogP contribution in [0.15, 0.2) is 60.9 Å². The lowest BCUT2D eigenvalue weighted by Crippen LogP contribution is -2.14. The Hall–Kier alpha value is -3.12. The van der Waals surface area contributed by atoms with Crippen molar-refractivity contribution in [3.63, 3.8) is 0 Å². The van der Waals surface area contributed by atoms with E-state index in [0.717, 1.165) is 17.7 Å². The van der Waals surface area contributed by atoms with Gasteiger partial charge in [-0.25, -0.2) is 9.97 Å². The van der Waals surface area contributed by atoms with Crippen LogP contribution in [0, 0.1) is 0 Å². The first-order chi connectivity index (χ1) is 13.1. The molecule has 0 radical (unpaired) electrons. The molecule has 2 N–H and O–H groups in total. The molecule has 0 fully saturated rings. The molecule has 1 heterocycles. The molecule has 2 aromatic carbocycles. The highest BCUT2D eigenvalue weighted by molar-refractivity contribution is 6.30. The third kappa shape index (κ3) is 5.43. The SMILES string of the molecule is COc1cccc(CCNc2cnc(C(=O)Nc3ccc(Cl)cc3)cn2)c1. The van der Waals surface area contributed by atoms with Crippen molar-refractivity contribution in [1.82, 2.24) is 9.97 Å². The summed E-state index contributed by atoms with van der Waals surface area (Å²) in [6.07, 6.45) is 3.80. The zero-order valence-corrected chi connectivity index (χ0v) is 15.5. The van der Waals surface area contributed by atoms with Crippen LogP contribution in [0.2, 0.25) is 5.02 Å². The lowest BCUT2D eigenvalue weighted by atomic mass is 10.1. The van der Waals surface area contributed by atoms with E-state index in [-0.39, 0.29) is 11.6 Å². The summed E-state index contributed by atoms with van der Waals surface area (Å²) >= 11 is 5.83. The molecular formula is C20H19ClN4O2. The minimum atomic E-state index is -0.326. The van der Waals surface area contributed by atoms with Gasteiger partial charge in [-0.15, -0.1) is 0 Å². The standard InChI is InChI=1S/C20H19ClN4O2/c1-27-17-4-2-3-14(11-17)9-10-22-19-13-23-18(12-24-19)20(26)25-16-7-5-15(21)6-8-16/h2-8,11-13H,9-10H2,1H3,(H,22,24)(H,25,26). The smallest absolute Gasteiger partial charge is 0.275 e. The van der Waals surface area contributed by atoms with E-state index in [0.29, 0.717) is 23.1 Å². The average molecular weight is 383 g/mol. The van der Waals surface area contributed by atoms with Gasteiger partial charge in [-0.05, 0) is 48.4 Å². The number of halogens is 1. The van der Waals surface area contributed by atoms with Crippen molar-refractivity contribution in [2.45, 2.75) is 6.42 Å². The summed E-state index contributed by atoms with van der Waals surface area (Å²) in [6, 6.07) is 14.8. The topological polar surface area (TPSA) is 76.1 Å². The number of hydrogen-bond acceptors (Lipinski definition) is 5. The lowest BCUT2D eigenvalue weighted by Gasteiger charge is -2.08. The molecule has 7 heteroatoms. The third-order valence-corrected chi connectivity index (χ3v) is 4.09. The highest BCUT2D eigenvalue weighted by atomic mass is 35.5. The van der Waals surface area contributed by atoms with E-state index >= 15 is 0 Å². The molecule has 138 valence electrons. The van der Waals surface area contributed by atoms with Gasteiger partial charge in [-0.2, -0.15) is 0 Å². The quantitative estimate of drug-likeness (QED) is 0.644. The largest absolute Gasteiger partial charge is 0.497 e. The first-order valence-corrected chi connectivity index (χ1v) is 8.77. The van der Waals surface area contributed by atoms with Crippen LogP contribution in [-0.2, 0) is 6.42 Å². The molecule has 1 aromatic heterocycles. The number of amides is 1. The number of hydrogen-bond donors (Lipinski definition) is 2. The van der Waals surface area contributed by atoms with Gasteiger partial charge in [-0.1, -0.05) is 23.7 Å². The summed E-state index contributed by atoms with van der Waals surface area (Å²) in [5.74, 6) is 1.12. The fraction of sp³-hybridized carbons (Fsp3) is 0.150. The number of ether oxygens (including phenoxy) is 1. The van der Waals surface area contributed by atoms with Crippen LogP contribution in [0.25, 0.3) is 0 Å². The Morgan fingerprint density at radius 3 is 2.63 bits per heavy atom. The second kappa shape index (κ2) is 9.00. The number of carbonyl (C=O) groups is 1. The van der Waals surface area contributed by atoms with Gasteiger partial charge in [0.2, 0.25) is 0 Å². The van der Waals surface area contributed by atoms with Crippen LogP contribution >= 0.6 is 11.6 Å². The molecule has 0 aliphatic heterocycles. The molecule has 3 rings (SSSR count). The van der Waals surface area contributed by atoms with E-state index in [1.807, 2.05) is 24.3 Å². The predicted molar refractivity (Wildman–Crippen MR) is 107 cm³/mol. The van der Waals surface area contributed by atoms with E-state index < -0.39 is 0 Å². The molecule has 3 aromatic rings. The number of methoxy groups -OCH3 is 1. The third-order valence-electron chi connectivity index (χ3n) is 3.84. The first kappa shape index (κ1) is 18.7. The van der Waals surface area contributed by atoms with Gasteiger partial charge in [0.1, 0.15) is 17.3 Å². The van der Waals surface area contributed by atoms with Crippen LogP contribution in [0.5, 0.6) is 5.75 Å².